The molecule has 3 aromatic rings. The van der Waals surface area contributed by atoms with E-state index in [1.807, 2.05) is 26.0 Å². The van der Waals surface area contributed by atoms with Gasteiger partial charge in [0.2, 0.25) is 0 Å². The normalized spacial score (nSPS) is 10.4. The molecule has 3 rings (SSSR count). The molecule has 7 nitrogen and oxygen atoms in total. The molecule has 1 heterocycles. The number of nitrogens with zero attached hydrogens (tertiary/aromatic N) is 2. The minimum absolute atomic E-state index is 0.359. The molecule has 2 aromatic carbocycles. The van der Waals surface area contributed by atoms with Crippen LogP contribution in [0.1, 0.15) is 43.8 Å². The molecule has 0 aliphatic carbocycles. The number of aryl methyl sites for hydroxylation is 2. The third-order valence-electron chi connectivity index (χ3n) is 4.14. The first-order chi connectivity index (χ1) is 14.0. The number of rotatable bonds is 6. The smallest absolute Gasteiger partial charge is 0.283 e. The van der Waals surface area contributed by atoms with Crippen molar-refractivity contribution in [2.75, 3.05) is 0 Å². The third-order valence-corrected chi connectivity index (χ3v) is 5.33. The van der Waals surface area contributed by atoms with E-state index in [9.17, 15) is 9.59 Å². The molecule has 0 radical (unpaired) electrons. The molecule has 0 spiro atoms. The van der Waals surface area contributed by atoms with Crippen molar-refractivity contribution in [2.24, 2.45) is 0 Å². The van der Waals surface area contributed by atoms with Crippen molar-refractivity contribution in [3.63, 3.8) is 0 Å². The van der Waals surface area contributed by atoms with Gasteiger partial charge in [0, 0.05) is 10.6 Å². The van der Waals surface area contributed by atoms with Crippen molar-refractivity contribution in [2.45, 2.75) is 26.9 Å². The number of hydrogen-bond donors (Lipinski definition) is 2. The first-order valence-electron chi connectivity index (χ1n) is 8.87. The maximum absolute atomic E-state index is 12.2. The highest BCUT2D eigenvalue weighted by Crippen LogP contribution is 2.22. The maximum Gasteiger partial charge on any atom is 0.283 e. The SMILES string of the molecule is CCc1nnsc1C(=O)NNC(=O)c1ccc(COc2ccc(Cl)c(C)c2)cc1. The summed E-state index contributed by atoms with van der Waals surface area (Å²) < 4.78 is 9.50. The van der Waals surface area contributed by atoms with Crippen LogP contribution in [0, 0.1) is 6.92 Å². The van der Waals surface area contributed by atoms with Gasteiger partial charge in [0.1, 0.15) is 17.2 Å². The van der Waals surface area contributed by atoms with Crippen molar-refractivity contribution in [3.8, 4) is 5.75 Å². The molecule has 0 bridgehead atoms. The van der Waals surface area contributed by atoms with Crippen LogP contribution in [0.15, 0.2) is 42.5 Å². The number of carbonyl (C=O) groups is 2. The van der Waals surface area contributed by atoms with E-state index >= 15 is 0 Å². The van der Waals surface area contributed by atoms with Crippen molar-refractivity contribution in [1.29, 1.82) is 0 Å². The van der Waals surface area contributed by atoms with Crippen molar-refractivity contribution < 1.29 is 14.3 Å². The summed E-state index contributed by atoms with van der Waals surface area (Å²) in [6, 6.07) is 12.4. The Morgan fingerprint density at radius 2 is 1.83 bits per heavy atom. The predicted molar refractivity (Wildman–Crippen MR) is 111 cm³/mol. The lowest BCUT2D eigenvalue weighted by atomic mass is 10.1. The van der Waals surface area contributed by atoms with Crippen LogP contribution in [0.4, 0.5) is 0 Å². The minimum Gasteiger partial charge on any atom is -0.489 e. The molecule has 0 atom stereocenters. The molecule has 0 unspecified atom stereocenters. The fourth-order valence-electron chi connectivity index (χ4n) is 2.48. The molecule has 150 valence electrons. The number of ether oxygens (including phenoxy) is 1. The van der Waals surface area contributed by atoms with Crippen molar-refractivity contribution >= 4 is 34.9 Å². The molecule has 1 aromatic heterocycles. The van der Waals surface area contributed by atoms with Gasteiger partial charge in [-0.05, 0) is 66.3 Å². The van der Waals surface area contributed by atoms with Crippen LogP contribution in [0.3, 0.4) is 0 Å². The first-order valence-corrected chi connectivity index (χ1v) is 10.0. The summed E-state index contributed by atoms with van der Waals surface area (Å²) in [4.78, 5) is 24.7. The zero-order valence-electron chi connectivity index (χ0n) is 15.9. The van der Waals surface area contributed by atoms with Gasteiger partial charge in [0.15, 0.2) is 0 Å². The Balaban J connectivity index is 1.53. The standard InChI is InChI=1S/C20H19ClN4O3S/c1-3-17-18(29-25-22-17)20(27)24-23-19(26)14-6-4-13(5-7-14)11-28-15-8-9-16(21)12(2)10-15/h4-10H,3,11H2,1-2H3,(H,23,26)(H,24,27). The van der Waals surface area contributed by atoms with Gasteiger partial charge >= 0.3 is 0 Å². The fraction of sp³-hybridized carbons (Fsp3) is 0.200. The molecule has 0 saturated carbocycles. The van der Waals surface area contributed by atoms with Gasteiger partial charge in [-0.2, -0.15) is 0 Å². The number of nitrogens with one attached hydrogen (secondary N) is 2. The lowest BCUT2D eigenvalue weighted by molar-refractivity contribution is 0.0848. The molecule has 9 heteroatoms. The van der Waals surface area contributed by atoms with Gasteiger partial charge in [-0.25, -0.2) is 0 Å². The van der Waals surface area contributed by atoms with Gasteiger partial charge < -0.3 is 4.74 Å². The van der Waals surface area contributed by atoms with Gasteiger partial charge in [-0.15, -0.1) is 5.10 Å². The van der Waals surface area contributed by atoms with E-state index in [0.29, 0.717) is 34.2 Å². The van der Waals surface area contributed by atoms with E-state index in [4.69, 9.17) is 16.3 Å². The highest BCUT2D eigenvalue weighted by molar-refractivity contribution is 7.08. The van der Waals surface area contributed by atoms with E-state index in [0.717, 1.165) is 28.4 Å². The Morgan fingerprint density at radius 1 is 1.10 bits per heavy atom. The van der Waals surface area contributed by atoms with Crippen LogP contribution in [-0.4, -0.2) is 21.4 Å². The minimum atomic E-state index is -0.437. The Labute approximate surface area is 177 Å². The van der Waals surface area contributed by atoms with Crippen LogP contribution in [-0.2, 0) is 13.0 Å². The van der Waals surface area contributed by atoms with Crippen molar-refractivity contribution in [3.05, 3.63) is 74.7 Å². The molecule has 2 N–H and O–H groups in total. The fourth-order valence-corrected chi connectivity index (χ4v) is 3.24. The lowest BCUT2D eigenvalue weighted by Gasteiger charge is -2.09. The molecule has 0 aliphatic rings. The van der Waals surface area contributed by atoms with Crippen LogP contribution >= 0.6 is 23.1 Å². The number of hydrazine groups is 1. The summed E-state index contributed by atoms with van der Waals surface area (Å²) in [6.45, 7) is 4.15. The van der Waals surface area contributed by atoms with Crippen LogP contribution < -0.4 is 15.6 Å². The average molecular weight is 431 g/mol. The van der Waals surface area contributed by atoms with Gasteiger partial charge in [0.05, 0.1) is 5.69 Å². The average Bonchev–Trinajstić information content (AvgIpc) is 3.22. The second-order valence-corrected chi connectivity index (χ2v) is 7.37. The topological polar surface area (TPSA) is 93.2 Å². The molecule has 2 amide bonds. The predicted octanol–water partition coefficient (Wildman–Crippen LogP) is 3.72. The van der Waals surface area contributed by atoms with E-state index in [2.05, 4.69) is 20.4 Å². The summed E-state index contributed by atoms with van der Waals surface area (Å²) >= 11 is 7.00. The number of carbonyl (C=O) groups excluding carboxylic acids is 2. The third kappa shape index (κ3) is 5.30. The number of benzene rings is 2. The quantitative estimate of drug-likeness (QED) is 0.581. The zero-order valence-corrected chi connectivity index (χ0v) is 17.4. The number of halogens is 1. The Bertz CT molecular complexity index is 1020. The summed E-state index contributed by atoms with van der Waals surface area (Å²) in [7, 11) is 0. The first kappa shape index (κ1) is 20.8. The van der Waals surface area contributed by atoms with Gasteiger partial charge in [-0.1, -0.05) is 35.1 Å². The van der Waals surface area contributed by atoms with Crippen molar-refractivity contribution in [1.82, 2.24) is 20.4 Å². The number of aromatic nitrogens is 2. The highest BCUT2D eigenvalue weighted by atomic mass is 35.5. The zero-order chi connectivity index (χ0) is 20.8. The van der Waals surface area contributed by atoms with Gasteiger partial charge in [0.25, 0.3) is 11.8 Å². The van der Waals surface area contributed by atoms with E-state index in [-0.39, 0.29) is 0 Å². The van der Waals surface area contributed by atoms with Gasteiger partial charge in [-0.3, -0.25) is 20.4 Å². The van der Waals surface area contributed by atoms with E-state index in [1.165, 1.54) is 0 Å². The highest BCUT2D eigenvalue weighted by Gasteiger charge is 2.16. The molecular formula is C20H19ClN4O3S. The summed E-state index contributed by atoms with van der Waals surface area (Å²) in [5.41, 5.74) is 7.64. The Hall–Kier alpha value is -2.97. The number of hydrogen-bond acceptors (Lipinski definition) is 6. The van der Waals surface area contributed by atoms with E-state index < -0.39 is 11.8 Å². The Morgan fingerprint density at radius 3 is 2.52 bits per heavy atom. The van der Waals surface area contributed by atoms with Crippen LogP contribution in [0.5, 0.6) is 5.75 Å². The molecule has 29 heavy (non-hydrogen) atoms. The molecule has 0 saturated heterocycles. The summed E-state index contributed by atoms with van der Waals surface area (Å²) in [5.74, 6) is -0.136. The summed E-state index contributed by atoms with van der Waals surface area (Å²) in [5, 5.41) is 4.57. The van der Waals surface area contributed by atoms with Crippen LogP contribution in [0.2, 0.25) is 5.02 Å². The number of amides is 2. The Kier molecular flexibility index (Phi) is 6.79. The second-order valence-electron chi connectivity index (χ2n) is 6.21. The molecular weight excluding hydrogens is 412 g/mol. The molecule has 0 fully saturated rings. The summed E-state index contributed by atoms with van der Waals surface area (Å²) in [6.07, 6.45) is 0.590. The van der Waals surface area contributed by atoms with E-state index in [1.54, 1.807) is 30.3 Å². The largest absolute Gasteiger partial charge is 0.489 e. The van der Waals surface area contributed by atoms with Crippen LogP contribution in [0.25, 0.3) is 0 Å². The maximum atomic E-state index is 12.2. The second kappa shape index (κ2) is 9.49. The molecule has 0 aliphatic heterocycles. The lowest BCUT2D eigenvalue weighted by Crippen LogP contribution is -2.41. The monoisotopic (exact) mass is 430 g/mol.